The van der Waals surface area contributed by atoms with Crippen molar-refractivity contribution in [3.8, 4) is 17.5 Å². The van der Waals surface area contributed by atoms with E-state index in [1.54, 1.807) is 18.9 Å². The van der Waals surface area contributed by atoms with Gasteiger partial charge in [0.2, 0.25) is 0 Å². The van der Waals surface area contributed by atoms with Gasteiger partial charge in [-0.25, -0.2) is 4.79 Å². The highest BCUT2D eigenvalue weighted by atomic mass is 16.5. The number of aliphatic hydroxyl groups is 1. The van der Waals surface area contributed by atoms with Crippen LogP contribution in [0.4, 0.5) is 4.79 Å². The lowest BCUT2D eigenvalue weighted by molar-refractivity contribution is 0.0470. The summed E-state index contributed by atoms with van der Waals surface area (Å²) in [5, 5.41) is 10.6. The number of methoxy groups -OCH3 is 2. The molecular formula is C24H29N3O5. The SMILES string of the molecule is COC(=O)N1CC(c2ccc(OC)c(Oc3nc4ccccc4n3C)c2)C(C)(C(C)O)C1. The Kier molecular flexibility index (Phi) is 5.73. The molecule has 1 aliphatic heterocycles. The number of amides is 1. The van der Waals surface area contributed by atoms with Gasteiger partial charge in [0.25, 0.3) is 0 Å². The molecule has 1 saturated heterocycles. The van der Waals surface area contributed by atoms with Gasteiger partial charge >= 0.3 is 12.1 Å². The second kappa shape index (κ2) is 8.35. The fraction of sp³-hybridized carbons (Fsp3) is 0.417. The predicted molar refractivity (Wildman–Crippen MR) is 120 cm³/mol. The molecule has 1 amide bonds. The zero-order valence-electron chi connectivity index (χ0n) is 19.0. The standard InChI is InChI=1S/C24H29N3O5/c1-15(28)24(2)14-27(23(29)31-5)13-17(24)16-10-11-20(30-4)21(12-16)32-22-25-18-8-6-7-9-19(18)26(22)3/h6-12,15,17,28H,13-14H2,1-5H3. The second-order valence-corrected chi connectivity index (χ2v) is 8.54. The number of hydrogen-bond donors (Lipinski definition) is 1. The van der Waals surface area contributed by atoms with Crippen LogP contribution in [-0.4, -0.2) is 59.1 Å². The summed E-state index contributed by atoms with van der Waals surface area (Å²) in [6.07, 6.45) is -1.03. The van der Waals surface area contributed by atoms with Gasteiger partial charge in [0, 0.05) is 31.5 Å². The Balaban J connectivity index is 1.72. The molecule has 0 radical (unpaired) electrons. The Bertz CT molecular complexity index is 1140. The van der Waals surface area contributed by atoms with E-state index in [0.717, 1.165) is 16.6 Å². The third-order valence-electron chi connectivity index (χ3n) is 6.66. The number of rotatable bonds is 5. The van der Waals surface area contributed by atoms with Gasteiger partial charge in [-0.15, -0.1) is 0 Å². The predicted octanol–water partition coefficient (Wildman–Crippen LogP) is 3.93. The maximum Gasteiger partial charge on any atom is 0.409 e. The van der Waals surface area contributed by atoms with E-state index in [-0.39, 0.29) is 5.92 Å². The van der Waals surface area contributed by atoms with Crippen molar-refractivity contribution in [1.82, 2.24) is 14.5 Å². The van der Waals surface area contributed by atoms with Gasteiger partial charge < -0.3 is 24.2 Å². The van der Waals surface area contributed by atoms with Crippen LogP contribution < -0.4 is 9.47 Å². The van der Waals surface area contributed by atoms with Gasteiger partial charge in [-0.05, 0) is 36.8 Å². The molecule has 3 unspecified atom stereocenters. The minimum Gasteiger partial charge on any atom is -0.493 e. The molecule has 1 aliphatic rings. The molecule has 2 aromatic carbocycles. The van der Waals surface area contributed by atoms with Crippen LogP contribution in [0.3, 0.4) is 0 Å². The van der Waals surface area contributed by atoms with E-state index >= 15 is 0 Å². The first-order valence-electron chi connectivity index (χ1n) is 10.6. The van der Waals surface area contributed by atoms with Crippen LogP contribution in [0.5, 0.6) is 17.5 Å². The molecule has 32 heavy (non-hydrogen) atoms. The Labute approximate surface area is 187 Å². The molecule has 8 heteroatoms. The molecule has 1 fully saturated rings. The molecule has 3 aromatic rings. The molecule has 1 aromatic heterocycles. The summed E-state index contributed by atoms with van der Waals surface area (Å²) in [6, 6.07) is 14.0. The number of ether oxygens (including phenoxy) is 3. The normalized spacial score (nSPS) is 21.6. The number of para-hydroxylation sites is 2. The van der Waals surface area contributed by atoms with Crippen molar-refractivity contribution in [1.29, 1.82) is 0 Å². The molecule has 0 spiro atoms. The average molecular weight is 440 g/mol. The summed E-state index contributed by atoms with van der Waals surface area (Å²) in [4.78, 5) is 18.4. The number of carbonyl (C=O) groups is 1. The first-order chi connectivity index (χ1) is 15.3. The van der Waals surface area contributed by atoms with Crippen LogP contribution >= 0.6 is 0 Å². The first kappa shape index (κ1) is 22.0. The molecule has 0 aliphatic carbocycles. The van der Waals surface area contributed by atoms with Crippen molar-refractivity contribution in [3.05, 3.63) is 48.0 Å². The van der Waals surface area contributed by atoms with Crippen molar-refractivity contribution < 1.29 is 24.1 Å². The third-order valence-corrected chi connectivity index (χ3v) is 6.66. The van der Waals surface area contributed by atoms with Crippen LogP contribution in [0.15, 0.2) is 42.5 Å². The second-order valence-electron chi connectivity index (χ2n) is 8.54. The molecule has 3 atom stereocenters. The summed E-state index contributed by atoms with van der Waals surface area (Å²) in [7, 11) is 4.85. The Morgan fingerprint density at radius 3 is 2.62 bits per heavy atom. The van der Waals surface area contributed by atoms with Gasteiger partial charge in [0.15, 0.2) is 11.5 Å². The maximum absolute atomic E-state index is 12.2. The van der Waals surface area contributed by atoms with Crippen molar-refractivity contribution >= 4 is 17.1 Å². The highest BCUT2D eigenvalue weighted by Crippen LogP contribution is 2.47. The first-order valence-corrected chi connectivity index (χ1v) is 10.6. The van der Waals surface area contributed by atoms with Crippen LogP contribution in [0.1, 0.15) is 25.3 Å². The molecule has 1 N–H and O–H groups in total. The van der Waals surface area contributed by atoms with Gasteiger partial charge in [-0.3, -0.25) is 4.57 Å². The summed E-state index contributed by atoms with van der Waals surface area (Å²) >= 11 is 0. The molecule has 170 valence electrons. The molecule has 0 saturated carbocycles. The highest BCUT2D eigenvalue weighted by molar-refractivity contribution is 5.76. The third kappa shape index (κ3) is 3.64. The van der Waals surface area contributed by atoms with Gasteiger partial charge in [0.1, 0.15) is 0 Å². The minimum atomic E-state index is -0.631. The van der Waals surface area contributed by atoms with E-state index in [1.165, 1.54) is 7.11 Å². The smallest absolute Gasteiger partial charge is 0.409 e. The van der Waals surface area contributed by atoms with Gasteiger partial charge in [-0.2, -0.15) is 4.98 Å². The van der Waals surface area contributed by atoms with Crippen LogP contribution in [0.25, 0.3) is 11.0 Å². The van der Waals surface area contributed by atoms with Crippen molar-refractivity contribution in [2.75, 3.05) is 27.3 Å². The quantitative estimate of drug-likeness (QED) is 0.648. The summed E-state index contributed by atoms with van der Waals surface area (Å²) < 4.78 is 18.5. The lowest BCUT2D eigenvalue weighted by Crippen LogP contribution is -2.38. The number of imidazole rings is 1. The van der Waals surface area contributed by atoms with Crippen molar-refractivity contribution in [3.63, 3.8) is 0 Å². The van der Waals surface area contributed by atoms with Gasteiger partial charge in [-0.1, -0.05) is 25.1 Å². The van der Waals surface area contributed by atoms with E-state index in [4.69, 9.17) is 14.2 Å². The fourth-order valence-corrected chi connectivity index (χ4v) is 4.50. The van der Waals surface area contributed by atoms with Crippen molar-refractivity contribution in [2.24, 2.45) is 12.5 Å². The number of likely N-dealkylation sites (tertiary alicyclic amines) is 1. The molecule has 8 nitrogen and oxygen atoms in total. The van der Waals surface area contributed by atoms with E-state index in [1.807, 2.05) is 61.0 Å². The number of benzene rings is 2. The summed E-state index contributed by atoms with van der Waals surface area (Å²) in [5.74, 6) is 0.977. The van der Waals surface area contributed by atoms with Crippen LogP contribution in [-0.2, 0) is 11.8 Å². The number of carbonyl (C=O) groups excluding carboxylic acids is 1. The minimum absolute atomic E-state index is 0.115. The lowest BCUT2D eigenvalue weighted by atomic mass is 9.72. The Morgan fingerprint density at radius 1 is 1.22 bits per heavy atom. The Hall–Kier alpha value is -3.26. The van der Waals surface area contributed by atoms with E-state index in [9.17, 15) is 9.90 Å². The van der Waals surface area contributed by atoms with Gasteiger partial charge in [0.05, 0.1) is 31.4 Å². The molecule has 4 rings (SSSR count). The number of aromatic nitrogens is 2. The van der Waals surface area contributed by atoms with Crippen molar-refractivity contribution in [2.45, 2.75) is 25.9 Å². The number of nitrogens with zero attached hydrogens (tertiary/aromatic N) is 3. The number of hydrogen-bond acceptors (Lipinski definition) is 6. The molecule has 2 heterocycles. The highest BCUT2D eigenvalue weighted by Gasteiger charge is 2.48. The maximum atomic E-state index is 12.2. The number of aryl methyl sites for hydroxylation is 1. The Morgan fingerprint density at radius 2 is 1.97 bits per heavy atom. The number of fused-ring (bicyclic) bond motifs is 1. The topological polar surface area (TPSA) is 86.0 Å². The number of aliphatic hydroxyl groups excluding tert-OH is 1. The molecular weight excluding hydrogens is 410 g/mol. The summed E-state index contributed by atoms with van der Waals surface area (Å²) in [6.45, 7) is 4.58. The van der Waals surface area contributed by atoms with Crippen LogP contribution in [0, 0.1) is 5.41 Å². The molecule has 0 bridgehead atoms. The van der Waals surface area contributed by atoms with Crippen LogP contribution in [0.2, 0.25) is 0 Å². The van der Waals surface area contributed by atoms with E-state index < -0.39 is 17.6 Å². The summed E-state index contributed by atoms with van der Waals surface area (Å²) in [5.41, 5.74) is 2.20. The largest absolute Gasteiger partial charge is 0.493 e. The fourth-order valence-electron chi connectivity index (χ4n) is 4.50. The van der Waals surface area contributed by atoms with E-state index in [0.29, 0.717) is 30.6 Å². The van der Waals surface area contributed by atoms with E-state index in [2.05, 4.69) is 4.98 Å². The monoisotopic (exact) mass is 439 g/mol. The lowest BCUT2D eigenvalue weighted by Gasteiger charge is -2.33. The average Bonchev–Trinajstić information content (AvgIpc) is 3.31. The zero-order valence-corrected chi connectivity index (χ0v) is 19.0. The zero-order chi connectivity index (χ0) is 23.0.